The molecule has 0 N–H and O–H groups in total. The van der Waals surface area contributed by atoms with Gasteiger partial charge in [0.15, 0.2) is 0 Å². The van der Waals surface area contributed by atoms with Crippen molar-refractivity contribution in [3.63, 3.8) is 0 Å². The van der Waals surface area contributed by atoms with Crippen molar-refractivity contribution in [2.75, 3.05) is 6.61 Å². The number of carbonyl (C=O) groups excluding carboxylic acids is 1. The largest absolute Gasteiger partial charge is 0.460 e. The smallest absolute Gasteiger partial charge is 0.310 e. The van der Waals surface area contributed by atoms with E-state index in [9.17, 15) is 4.79 Å². The Kier molecular flexibility index (Phi) is 5.60. The highest BCUT2D eigenvalue weighted by Crippen LogP contribution is 2.16. The molecular formula is C14H21ClN2O2. The summed E-state index contributed by atoms with van der Waals surface area (Å²) in [4.78, 5) is 11.7. The quantitative estimate of drug-likeness (QED) is 0.754. The molecular weight excluding hydrogens is 264 g/mol. The molecule has 0 radical (unpaired) electrons. The van der Waals surface area contributed by atoms with E-state index >= 15 is 0 Å². The highest BCUT2D eigenvalue weighted by Gasteiger charge is 2.16. The first-order valence-corrected chi connectivity index (χ1v) is 6.70. The lowest BCUT2D eigenvalue weighted by molar-refractivity contribution is -0.141. The van der Waals surface area contributed by atoms with Gasteiger partial charge in [-0.05, 0) is 19.8 Å². The fourth-order valence-electron chi connectivity index (χ4n) is 1.87. The highest BCUT2D eigenvalue weighted by molar-refractivity contribution is 6.29. The molecule has 1 rings (SSSR count). The van der Waals surface area contributed by atoms with E-state index in [4.69, 9.17) is 16.3 Å². The molecule has 1 aromatic heterocycles. The van der Waals surface area contributed by atoms with Crippen molar-refractivity contribution < 1.29 is 9.53 Å². The van der Waals surface area contributed by atoms with Gasteiger partial charge in [0, 0.05) is 22.8 Å². The summed E-state index contributed by atoms with van der Waals surface area (Å²) in [6, 6.07) is 0. The lowest BCUT2D eigenvalue weighted by atomic mass is 10.1. The Morgan fingerprint density at radius 3 is 2.63 bits per heavy atom. The number of ether oxygens (including phenoxy) is 1. The molecule has 0 aliphatic rings. The highest BCUT2D eigenvalue weighted by atomic mass is 35.5. The second-order valence-corrected chi connectivity index (χ2v) is 5.61. The zero-order chi connectivity index (χ0) is 14.6. The van der Waals surface area contributed by atoms with E-state index in [2.05, 4.69) is 25.5 Å². The van der Waals surface area contributed by atoms with Crippen molar-refractivity contribution >= 4 is 17.6 Å². The van der Waals surface area contributed by atoms with E-state index in [1.165, 1.54) is 0 Å². The van der Waals surface area contributed by atoms with Crippen LogP contribution in [0.2, 0.25) is 0 Å². The summed E-state index contributed by atoms with van der Waals surface area (Å²) >= 11 is 5.56. The van der Waals surface area contributed by atoms with Crippen LogP contribution in [-0.2, 0) is 22.5 Å². The van der Waals surface area contributed by atoms with Crippen LogP contribution >= 0.6 is 11.6 Å². The number of hydrogen-bond acceptors (Lipinski definition) is 3. The molecule has 0 bridgehead atoms. The number of esters is 1. The van der Waals surface area contributed by atoms with Gasteiger partial charge in [-0.25, -0.2) is 0 Å². The van der Waals surface area contributed by atoms with Gasteiger partial charge in [0.05, 0.1) is 12.1 Å². The summed E-state index contributed by atoms with van der Waals surface area (Å²) in [5.41, 5.74) is 2.83. The molecule has 0 aliphatic carbocycles. The fraction of sp³-hybridized carbons (Fsp3) is 0.571. The second-order valence-electron chi connectivity index (χ2n) is 5.08. The minimum absolute atomic E-state index is 0.0542. The first kappa shape index (κ1) is 15.8. The van der Waals surface area contributed by atoms with Crippen molar-refractivity contribution in [2.45, 2.75) is 40.7 Å². The van der Waals surface area contributed by atoms with E-state index in [0.717, 1.165) is 23.5 Å². The Morgan fingerprint density at radius 2 is 2.11 bits per heavy atom. The van der Waals surface area contributed by atoms with Gasteiger partial charge in [0.25, 0.3) is 0 Å². The lowest BCUT2D eigenvalue weighted by Gasteiger charge is -2.08. The molecule has 1 aromatic rings. The Hall–Kier alpha value is -1.29. The molecule has 0 fully saturated rings. The number of hydrogen-bond donors (Lipinski definition) is 0. The molecule has 0 spiro atoms. The molecule has 5 heteroatoms. The molecule has 0 saturated carbocycles. The number of carbonyl (C=O) groups is 1. The minimum Gasteiger partial charge on any atom is -0.460 e. The fourth-order valence-corrected chi connectivity index (χ4v) is 1.92. The Bertz CT molecular complexity index is 478. The van der Waals surface area contributed by atoms with Crippen LogP contribution < -0.4 is 0 Å². The number of aromatic nitrogens is 2. The third-order valence-corrected chi connectivity index (χ3v) is 2.89. The number of halogens is 1. The third-order valence-electron chi connectivity index (χ3n) is 2.78. The van der Waals surface area contributed by atoms with Gasteiger partial charge in [-0.3, -0.25) is 9.48 Å². The van der Waals surface area contributed by atoms with E-state index in [0.29, 0.717) is 11.0 Å². The first-order chi connectivity index (χ1) is 8.81. The van der Waals surface area contributed by atoms with Crippen molar-refractivity contribution in [1.29, 1.82) is 0 Å². The molecule has 4 nitrogen and oxygen atoms in total. The maximum Gasteiger partial charge on any atom is 0.310 e. The van der Waals surface area contributed by atoms with Gasteiger partial charge >= 0.3 is 5.97 Å². The van der Waals surface area contributed by atoms with Gasteiger partial charge in [0.1, 0.15) is 6.61 Å². The summed E-state index contributed by atoms with van der Waals surface area (Å²) in [7, 11) is 0. The maximum atomic E-state index is 11.7. The minimum atomic E-state index is -0.308. The molecule has 0 saturated heterocycles. The molecule has 0 atom stereocenters. The van der Waals surface area contributed by atoms with E-state index in [-0.39, 0.29) is 19.0 Å². The van der Waals surface area contributed by atoms with Gasteiger partial charge in [-0.1, -0.05) is 32.0 Å². The van der Waals surface area contributed by atoms with Crippen LogP contribution in [0, 0.1) is 19.8 Å². The number of nitrogens with zero attached hydrogens (tertiary/aromatic N) is 2. The first-order valence-electron chi connectivity index (χ1n) is 6.33. The topological polar surface area (TPSA) is 44.1 Å². The monoisotopic (exact) mass is 284 g/mol. The zero-order valence-corrected chi connectivity index (χ0v) is 12.8. The van der Waals surface area contributed by atoms with Crippen LogP contribution in [0.5, 0.6) is 0 Å². The zero-order valence-electron chi connectivity index (χ0n) is 12.0. The predicted octanol–water partition coefficient (Wildman–Crippen LogP) is 2.99. The maximum absolute atomic E-state index is 11.7. The molecule has 0 unspecified atom stereocenters. The summed E-state index contributed by atoms with van der Waals surface area (Å²) < 4.78 is 6.95. The number of aryl methyl sites for hydroxylation is 1. The molecule has 19 heavy (non-hydrogen) atoms. The van der Waals surface area contributed by atoms with Crippen LogP contribution in [0.15, 0.2) is 11.6 Å². The van der Waals surface area contributed by atoms with Crippen LogP contribution in [0.1, 0.15) is 30.8 Å². The second kappa shape index (κ2) is 6.75. The lowest BCUT2D eigenvalue weighted by Crippen LogP contribution is -2.11. The molecule has 106 valence electrons. The Morgan fingerprint density at radius 1 is 1.47 bits per heavy atom. The van der Waals surface area contributed by atoms with Crippen molar-refractivity contribution in [2.24, 2.45) is 5.92 Å². The standard InChI is InChI=1S/C14H21ClN2O2/c1-9(2)7-17-12(5)13(11(4)16-17)6-14(18)19-8-10(3)15/h9H,3,6-8H2,1-2,4-5H3. The SMILES string of the molecule is C=C(Cl)COC(=O)Cc1c(C)nn(CC(C)C)c1C. The predicted molar refractivity (Wildman–Crippen MR) is 76.2 cm³/mol. The van der Waals surface area contributed by atoms with Gasteiger partial charge in [0.2, 0.25) is 0 Å². The van der Waals surface area contributed by atoms with Crippen molar-refractivity contribution in [1.82, 2.24) is 9.78 Å². The average Bonchev–Trinajstić information content (AvgIpc) is 2.53. The van der Waals surface area contributed by atoms with Gasteiger partial charge < -0.3 is 4.74 Å². The summed E-state index contributed by atoms with van der Waals surface area (Å²) in [6.07, 6.45) is 0.222. The van der Waals surface area contributed by atoms with Crippen molar-refractivity contribution in [3.05, 3.63) is 28.6 Å². The number of rotatable bonds is 6. The van der Waals surface area contributed by atoms with Crippen molar-refractivity contribution in [3.8, 4) is 0 Å². The van der Waals surface area contributed by atoms with E-state index in [1.807, 2.05) is 18.5 Å². The Balaban J connectivity index is 2.75. The van der Waals surface area contributed by atoms with Crippen LogP contribution in [0.4, 0.5) is 0 Å². The van der Waals surface area contributed by atoms with E-state index in [1.54, 1.807) is 0 Å². The van der Waals surface area contributed by atoms with Crippen LogP contribution in [0.25, 0.3) is 0 Å². The Labute approximate surface area is 119 Å². The molecule has 1 heterocycles. The van der Waals surface area contributed by atoms with Gasteiger partial charge in [-0.15, -0.1) is 0 Å². The van der Waals surface area contributed by atoms with Crippen LogP contribution in [0.3, 0.4) is 0 Å². The molecule has 0 aromatic carbocycles. The molecule has 0 aliphatic heterocycles. The normalized spacial score (nSPS) is 10.8. The summed E-state index contributed by atoms with van der Waals surface area (Å²) in [6.45, 7) is 12.5. The average molecular weight is 285 g/mol. The summed E-state index contributed by atoms with van der Waals surface area (Å²) in [5, 5.41) is 4.78. The van der Waals surface area contributed by atoms with E-state index < -0.39 is 0 Å². The summed E-state index contributed by atoms with van der Waals surface area (Å²) in [5.74, 6) is 0.203. The van der Waals surface area contributed by atoms with Gasteiger partial charge in [-0.2, -0.15) is 5.10 Å². The van der Waals surface area contributed by atoms with Crippen LogP contribution in [-0.4, -0.2) is 22.4 Å². The third kappa shape index (κ3) is 4.71. The molecule has 0 amide bonds.